The number of benzene rings is 2. The number of esters is 1. The van der Waals surface area contributed by atoms with E-state index < -0.39 is 38.4 Å². The van der Waals surface area contributed by atoms with Gasteiger partial charge in [0.1, 0.15) is 29.6 Å². The van der Waals surface area contributed by atoms with Crippen LogP contribution in [0.25, 0.3) is 11.0 Å². The Morgan fingerprint density at radius 2 is 1.91 bits per heavy atom. The molecule has 1 aliphatic heterocycles. The number of phenols is 1. The molecule has 14 nitrogen and oxygen atoms in total. The Hall–Kier alpha value is -4.47. The Morgan fingerprint density at radius 1 is 1.18 bits per heavy atom. The summed E-state index contributed by atoms with van der Waals surface area (Å²) in [6, 6.07) is 11.4. The molecule has 1 aliphatic rings. The average Bonchev–Trinajstić information content (AvgIpc) is 3.43. The van der Waals surface area contributed by atoms with E-state index in [1.165, 1.54) is 36.4 Å². The third kappa shape index (κ3) is 6.65. The Labute approximate surface area is 258 Å². The van der Waals surface area contributed by atoms with Crippen LogP contribution >= 0.6 is 0 Å². The van der Waals surface area contributed by atoms with Crippen LogP contribution in [0.4, 0.5) is 0 Å². The first-order chi connectivity index (χ1) is 21.6. The van der Waals surface area contributed by atoms with Gasteiger partial charge in [-0.25, -0.2) is 18.0 Å². The van der Waals surface area contributed by atoms with Gasteiger partial charge in [0, 0.05) is 37.6 Å². The highest BCUT2D eigenvalue weighted by atomic mass is 32.2. The second-order valence-corrected chi connectivity index (χ2v) is 12.4. The van der Waals surface area contributed by atoms with Gasteiger partial charge in [-0.15, -0.1) is 0 Å². The zero-order valence-electron chi connectivity index (χ0n) is 24.8. The minimum atomic E-state index is -4.35. The number of sulfone groups is 1. The van der Waals surface area contributed by atoms with Gasteiger partial charge in [-0.1, -0.05) is 38.5 Å². The highest BCUT2D eigenvalue weighted by Crippen LogP contribution is 2.37. The first-order valence-electron chi connectivity index (χ1n) is 14.6. The molecule has 1 fully saturated rings. The summed E-state index contributed by atoms with van der Waals surface area (Å²) >= 11 is 0. The van der Waals surface area contributed by atoms with E-state index in [1.807, 2.05) is 13.8 Å². The molecule has 2 unspecified atom stereocenters. The minimum absolute atomic E-state index is 0.00702. The maximum Gasteiger partial charge on any atom is 0.415 e. The number of hydrogen-bond donors (Lipinski definition) is 2. The lowest BCUT2D eigenvalue weighted by molar-refractivity contribution is -0.832. The molecule has 2 N–H and O–H groups in total. The molecule has 45 heavy (non-hydrogen) atoms. The molecule has 15 heteroatoms. The van der Waals surface area contributed by atoms with E-state index in [2.05, 4.69) is 20.0 Å². The second kappa shape index (κ2) is 13.7. The minimum Gasteiger partial charge on any atom is -0.507 e. The van der Waals surface area contributed by atoms with Gasteiger partial charge in [0.25, 0.3) is 9.84 Å². The van der Waals surface area contributed by atoms with Crippen molar-refractivity contribution in [2.45, 2.75) is 55.2 Å². The molecule has 0 saturated carbocycles. The third-order valence-electron chi connectivity index (χ3n) is 7.60. The number of phenolic OH excluding ortho intramolecular Hbond substituents is 1. The summed E-state index contributed by atoms with van der Waals surface area (Å²) in [4.78, 5) is 28.1. The average molecular weight is 643 g/mol. The number of ether oxygens (including phenoxy) is 2. The fourth-order valence-electron chi connectivity index (χ4n) is 5.42. The van der Waals surface area contributed by atoms with E-state index in [4.69, 9.17) is 13.9 Å². The van der Waals surface area contributed by atoms with Crippen molar-refractivity contribution >= 4 is 26.8 Å². The van der Waals surface area contributed by atoms with Gasteiger partial charge in [0.15, 0.2) is 0 Å². The number of rotatable bonds is 12. The Balaban J connectivity index is 1.37. The van der Waals surface area contributed by atoms with Crippen LogP contribution in [0.5, 0.6) is 11.6 Å². The Bertz CT molecular complexity index is 1820. The molecule has 1 saturated heterocycles. The smallest absolute Gasteiger partial charge is 0.415 e. The number of carbonyl (C=O) groups is 1. The summed E-state index contributed by atoms with van der Waals surface area (Å²) in [6.07, 6.45) is 0.525. The fraction of sp³-hybridized carbons (Fsp3) is 0.400. The third-order valence-corrected chi connectivity index (χ3v) is 9.32. The van der Waals surface area contributed by atoms with Gasteiger partial charge in [0.05, 0.1) is 15.6 Å². The zero-order chi connectivity index (χ0) is 32.1. The van der Waals surface area contributed by atoms with Crippen molar-refractivity contribution in [3.8, 4) is 11.6 Å². The predicted octanol–water partition coefficient (Wildman–Crippen LogP) is 2.71. The molecule has 5 rings (SSSR count). The van der Waals surface area contributed by atoms with Gasteiger partial charge >= 0.3 is 22.5 Å². The largest absolute Gasteiger partial charge is 0.507 e. The van der Waals surface area contributed by atoms with Crippen LogP contribution in [0.2, 0.25) is 0 Å². The SMILES string of the molecule is CCCC(COc1no[n+]([O-])c1S(=O)(=O)c1ccccc1)OC(=O)c1cc2ccc(O)c(C(CC)N3CCNCC3)c2oc1=O. The standard InChI is InChI=1S/C30H34N4O10S/c1-3-8-20(18-41-27-28(34(38)44-32-27)45(39,40)21-9-6-5-7-10-21)42-29(36)22-17-19-11-12-24(35)25(26(19)43-30(22)37)23(4-2)33-15-13-31-14-16-33/h5-7,9-12,17,20,23,31,35H,3-4,8,13-16,18H2,1-2H3. The van der Waals surface area contributed by atoms with E-state index >= 15 is 0 Å². The summed E-state index contributed by atoms with van der Waals surface area (Å²) in [5.41, 5.74) is -0.623. The van der Waals surface area contributed by atoms with E-state index in [0.29, 0.717) is 23.8 Å². The molecular weight excluding hydrogens is 608 g/mol. The van der Waals surface area contributed by atoms with Crippen molar-refractivity contribution in [2.24, 2.45) is 0 Å². The fourth-order valence-corrected chi connectivity index (χ4v) is 6.72. The van der Waals surface area contributed by atoms with E-state index in [-0.39, 0.29) is 45.8 Å². The summed E-state index contributed by atoms with van der Waals surface area (Å²) in [5, 5.41) is 29.3. The molecule has 240 valence electrons. The van der Waals surface area contributed by atoms with E-state index in [9.17, 15) is 28.3 Å². The predicted molar refractivity (Wildman–Crippen MR) is 159 cm³/mol. The van der Waals surface area contributed by atoms with Crippen molar-refractivity contribution in [3.63, 3.8) is 0 Å². The summed E-state index contributed by atoms with van der Waals surface area (Å²) in [7, 11) is -4.35. The number of nitrogens with one attached hydrogen (secondary N) is 1. The second-order valence-electron chi connectivity index (χ2n) is 10.6. The van der Waals surface area contributed by atoms with Crippen LogP contribution < -0.4 is 20.6 Å². The summed E-state index contributed by atoms with van der Waals surface area (Å²) < 4.78 is 47.4. The van der Waals surface area contributed by atoms with Gasteiger partial charge in [-0.05, 0) is 48.1 Å². The number of fused-ring (bicyclic) bond motifs is 1. The number of aromatic nitrogens is 2. The molecule has 2 aromatic heterocycles. The highest BCUT2D eigenvalue weighted by Gasteiger charge is 2.36. The maximum atomic E-state index is 13.2. The highest BCUT2D eigenvalue weighted by molar-refractivity contribution is 7.91. The number of carbonyl (C=O) groups excluding carboxylic acids is 1. The molecular formula is C30H34N4O10S. The van der Waals surface area contributed by atoms with Crippen LogP contribution in [0.1, 0.15) is 55.1 Å². The van der Waals surface area contributed by atoms with Crippen LogP contribution in [-0.2, 0) is 14.6 Å². The van der Waals surface area contributed by atoms with Crippen molar-refractivity contribution in [1.29, 1.82) is 0 Å². The van der Waals surface area contributed by atoms with Crippen LogP contribution in [0.15, 0.2) is 72.3 Å². The summed E-state index contributed by atoms with van der Waals surface area (Å²) in [5.74, 6) is -1.58. The molecule has 0 bridgehead atoms. The molecule has 2 atom stereocenters. The number of hydrogen-bond acceptors (Lipinski definition) is 13. The summed E-state index contributed by atoms with van der Waals surface area (Å²) in [6.45, 7) is 6.53. The van der Waals surface area contributed by atoms with E-state index in [1.54, 1.807) is 12.1 Å². The molecule has 2 aromatic carbocycles. The van der Waals surface area contributed by atoms with Crippen LogP contribution in [0, 0.1) is 5.21 Å². The molecule has 0 amide bonds. The van der Waals surface area contributed by atoms with Crippen LogP contribution in [0.3, 0.4) is 0 Å². The first-order valence-corrected chi connectivity index (χ1v) is 16.1. The van der Waals surface area contributed by atoms with Crippen LogP contribution in [-0.4, -0.2) is 68.4 Å². The van der Waals surface area contributed by atoms with Gasteiger partial charge < -0.3 is 29.5 Å². The van der Waals surface area contributed by atoms with Gasteiger partial charge in [0.2, 0.25) is 0 Å². The molecule has 3 heterocycles. The van der Waals surface area contributed by atoms with Crippen molar-refractivity contribution in [2.75, 3.05) is 32.8 Å². The van der Waals surface area contributed by atoms with Gasteiger partial charge in [-0.3, -0.25) is 9.53 Å². The first kappa shape index (κ1) is 31.9. The van der Waals surface area contributed by atoms with Crippen molar-refractivity contribution in [1.82, 2.24) is 15.4 Å². The lowest BCUT2D eigenvalue weighted by Crippen LogP contribution is -2.45. The quantitative estimate of drug-likeness (QED) is 0.131. The number of aromatic hydroxyl groups is 1. The molecule has 0 radical (unpaired) electrons. The lowest BCUT2D eigenvalue weighted by atomic mass is 9.97. The van der Waals surface area contributed by atoms with Crippen molar-refractivity contribution in [3.05, 3.63) is 75.3 Å². The Morgan fingerprint density at radius 3 is 2.60 bits per heavy atom. The molecule has 0 aliphatic carbocycles. The van der Waals surface area contributed by atoms with Crippen molar-refractivity contribution < 1.29 is 41.7 Å². The lowest BCUT2D eigenvalue weighted by Gasteiger charge is -2.35. The van der Waals surface area contributed by atoms with Gasteiger partial charge in [-0.2, -0.15) is 0 Å². The monoisotopic (exact) mass is 642 g/mol. The zero-order valence-corrected chi connectivity index (χ0v) is 25.6. The topological polar surface area (TPSA) is 188 Å². The van der Waals surface area contributed by atoms with E-state index in [0.717, 1.165) is 26.2 Å². The Kier molecular flexibility index (Phi) is 9.70. The molecule has 0 spiro atoms. The maximum absolute atomic E-state index is 13.2. The molecule has 4 aromatic rings. The normalized spacial score (nSPS) is 15.5. The number of piperazine rings is 1. The number of nitrogens with zero attached hydrogens (tertiary/aromatic N) is 3.